The SMILES string of the molecule is Cc1ccc(C)c(C(NN)c2ncccc2Br)c1. The van der Waals surface area contributed by atoms with Crippen LogP contribution in [0, 0.1) is 13.8 Å². The summed E-state index contributed by atoms with van der Waals surface area (Å²) in [4.78, 5) is 4.41. The van der Waals surface area contributed by atoms with Crippen molar-refractivity contribution in [1.82, 2.24) is 10.4 Å². The highest BCUT2D eigenvalue weighted by Crippen LogP contribution is 2.28. The predicted molar refractivity (Wildman–Crippen MR) is 77.0 cm³/mol. The van der Waals surface area contributed by atoms with E-state index in [-0.39, 0.29) is 6.04 Å². The molecule has 3 nitrogen and oxygen atoms in total. The number of pyridine rings is 1. The predicted octanol–water partition coefficient (Wildman–Crippen LogP) is 3.01. The summed E-state index contributed by atoms with van der Waals surface area (Å²) in [6.07, 6.45) is 1.77. The van der Waals surface area contributed by atoms with Crippen LogP contribution in [-0.2, 0) is 0 Å². The molecule has 0 fully saturated rings. The van der Waals surface area contributed by atoms with E-state index < -0.39 is 0 Å². The molecule has 0 aliphatic heterocycles. The number of rotatable bonds is 3. The lowest BCUT2D eigenvalue weighted by atomic mass is 9.97. The van der Waals surface area contributed by atoms with Crippen LogP contribution in [0.15, 0.2) is 41.0 Å². The van der Waals surface area contributed by atoms with E-state index in [1.165, 1.54) is 11.1 Å². The summed E-state index contributed by atoms with van der Waals surface area (Å²) in [5, 5.41) is 0. The number of nitrogens with two attached hydrogens (primary N) is 1. The van der Waals surface area contributed by atoms with Crippen molar-refractivity contribution in [2.45, 2.75) is 19.9 Å². The van der Waals surface area contributed by atoms with Gasteiger partial charge in [0.25, 0.3) is 0 Å². The Hall–Kier alpha value is -1.23. The van der Waals surface area contributed by atoms with Gasteiger partial charge in [0.15, 0.2) is 0 Å². The number of aromatic nitrogens is 1. The lowest BCUT2D eigenvalue weighted by Gasteiger charge is -2.19. The summed E-state index contributed by atoms with van der Waals surface area (Å²) in [6, 6.07) is 10.1. The number of benzene rings is 1. The van der Waals surface area contributed by atoms with Crippen LogP contribution in [0.2, 0.25) is 0 Å². The van der Waals surface area contributed by atoms with Gasteiger partial charge >= 0.3 is 0 Å². The Bertz CT molecular complexity index is 554. The highest BCUT2D eigenvalue weighted by molar-refractivity contribution is 9.10. The minimum Gasteiger partial charge on any atom is -0.271 e. The highest BCUT2D eigenvalue weighted by atomic mass is 79.9. The molecule has 1 unspecified atom stereocenters. The van der Waals surface area contributed by atoms with Crippen LogP contribution in [0.25, 0.3) is 0 Å². The molecule has 18 heavy (non-hydrogen) atoms. The smallest absolute Gasteiger partial charge is 0.0895 e. The third-order valence-corrected chi connectivity index (χ3v) is 3.64. The molecule has 0 saturated carbocycles. The van der Waals surface area contributed by atoms with Crippen molar-refractivity contribution in [3.05, 3.63) is 63.4 Å². The van der Waals surface area contributed by atoms with Crippen LogP contribution < -0.4 is 11.3 Å². The minimum absolute atomic E-state index is 0.111. The first-order valence-corrected chi connectivity index (χ1v) is 6.56. The van der Waals surface area contributed by atoms with Gasteiger partial charge in [0.05, 0.1) is 11.7 Å². The molecule has 1 atom stereocenters. The molecule has 3 N–H and O–H groups in total. The average molecular weight is 306 g/mol. The Morgan fingerprint density at radius 3 is 2.72 bits per heavy atom. The van der Waals surface area contributed by atoms with Gasteiger partial charge < -0.3 is 0 Å². The van der Waals surface area contributed by atoms with Gasteiger partial charge in [-0.05, 0) is 53.0 Å². The third-order valence-electron chi connectivity index (χ3n) is 2.97. The molecule has 94 valence electrons. The van der Waals surface area contributed by atoms with Gasteiger partial charge in [-0.25, -0.2) is 5.43 Å². The van der Waals surface area contributed by atoms with Crippen LogP contribution in [-0.4, -0.2) is 4.98 Å². The van der Waals surface area contributed by atoms with Crippen LogP contribution >= 0.6 is 15.9 Å². The maximum atomic E-state index is 5.71. The fourth-order valence-corrected chi connectivity index (χ4v) is 2.48. The molecular weight excluding hydrogens is 290 g/mol. The Morgan fingerprint density at radius 2 is 2.06 bits per heavy atom. The number of hydrazine groups is 1. The van der Waals surface area contributed by atoms with Crippen molar-refractivity contribution in [2.75, 3.05) is 0 Å². The molecule has 0 aliphatic carbocycles. The fourth-order valence-electron chi connectivity index (χ4n) is 2.00. The molecule has 2 rings (SSSR count). The van der Waals surface area contributed by atoms with Crippen molar-refractivity contribution in [3.63, 3.8) is 0 Å². The van der Waals surface area contributed by atoms with Gasteiger partial charge in [0, 0.05) is 10.7 Å². The number of nitrogens with zero attached hydrogens (tertiary/aromatic N) is 1. The highest BCUT2D eigenvalue weighted by Gasteiger charge is 2.18. The van der Waals surface area contributed by atoms with E-state index in [9.17, 15) is 0 Å². The Kier molecular flexibility index (Phi) is 4.11. The first kappa shape index (κ1) is 13.2. The Morgan fingerprint density at radius 1 is 1.28 bits per heavy atom. The molecule has 4 heteroatoms. The Labute approximate surface area is 116 Å². The van der Waals surface area contributed by atoms with E-state index in [2.05, 4.69) is 58.4 Å². The van der Waals surface area contributed by atoms with Gasteiger partial charge in [-0.2, -0.15) is 0 Å². The van der Waals surface area contributed by atoms with E-state index in [4.69, 9.17) is 5.84 Å². The summed E-state index contributed by atoms with van der Waals surface area (Å²) in [5.41, 5.74) is 7.30. The molecule has 0 aliphatic rings. The standard InChI is InChI=1S/C14H16BrN3/c1-9-5-6-10(2)11(8-9)13(18-16)14-12(15)4-3-7-17-14/h3-8,13,18H,16H2,1-2H3. The van der Waals surface area contributed by atoms with Gasteiger partial charge in [0.1, 0.15) is 0 Å². The minimum atomic E-state index is -0.111. The second kappa shape index (κ2) is 5.61. The van der Waals surface area contributed by atoms with Crippen molar-refractivity contribution in [1.29, 1.82) is 0 Å². The number of halogens is 1. The van der Waals surface area contributed by atoms with E-state index >= 15 is 0 Å². The zero-order valence-electron chi connectivity index (χ0n) is 10.4. The van der Waals surface area contributed by atoms with E-state index in [1.54, 1.807) is 6.20 Å². The molecule has 1 aromatic heterocycles. The van der Waals surface area contributed by atoms with Crippen LogP contribution in [0.3, 0.4) is 0 Å². The lowest BCUT2D eigenvalue weighted by molar-refractivity contribution is 0.614. The molecule has 0 amide bonds. The van der Waals surface area contributed by atoms with Gasteiger partial charge in [-0.1, -0.05) is 23.8 Å². The van der Waals surface area contributed by atoms with Crippen LogP contribution in [0.4, 0.5) is 0 Å². The quantitative estimate of drug-likeness (QED) is 0.677. The second-order valence-corrected chi connectivity index (χ2v) is 5.18. The Balaban J connectivity index is 2.52. The first-order valence-electron chi connectivity index (χ1n) is 5.77. The zero-order valence-corrected chi connectivity index (χ0v) is 12.0. The second-order valence-electron chi connectivity index (χ2n) is 4.33. The van der Waals surface area contributed by atoms with Crippen molar-refractivity contribution in [3.8, 4) is 0 Å². The summed E-state index contributed by atoms with van der Waals surface area (Å²) in [6.45, 7) is 4.15. The van der Waals surface area contributed by atoms with Gasteiger partial charge in [-0.3, -0.25) is 10.8 Å². The summed E-state index contributed by atoms with van der Waals surface area (Å²) < 4.78 is 0.953. The van der Waals surface area contributed by atoms with Crippen molar-refractivity contribution < 1.29 is 0 Å². The zero-order chi connectivity index (χ0) is 13.1. The number of aryl methyl sites for hydroxylation is 2. The molecule has 0 bridgehead atoms. The fraction of sp³-hybridized carbons (Fsp3) is 0.214. The topological polar surface area (TPSA) is 50.9 Å². The molecule has 0 spiro atoms. The van der Waals surface area contributed by atoms with E-state index in [0.29, 0.717) is 0 Å². The van der Waals surface area contributed by atoms with Crippen LogP contribution in [0.5, 0.6) is 0 Å². The normalized spacial score (nSPS) is 12.4. The molecule has 1 aromatic carbocycles. The molecular formula is C14H16BrN3. The van der Waals surface area contributed by atoms with Gasteiger partial charge in [0.2, 0.25) is 0 Å². The largest absolute Gasteiger partial charge is 0.271 e. The maximum absolute atomic E-state index is 5.71. The average Bonchev–Trinajstić information content (AvgIpc) is 2.36. The molecule has 0 saturated heterocycles. The van der Waals surface area contributed by atoms with Crippen molar-refractivity contribution >= 4 is 15.9 Å². The number of hydrogen-bond donors (Lipinski definition) is 2. The summed E-state index contributed by atoms with van der Waals surface area (Å²) in [5.74, 6) is 5.71. The molecule has 2 aromatic rings. The molecule has 1 heterocycles. The molecule has 0 radical (unpaired) electrons. The van der Waals surface area contributed by atoms with E-state index in [1.807, 2.05) is 12.1 Å². The third kappa shape index (κ3) is 2.61. The lowest BCUT2D eigenvalue weighted by Crippen LogP contribution is -2.30. The van der Waals surface area contributed by atoms with Crippen molar-refractivity contribution in [2.24, 2.45) is 5.84 Å². The maximum Gasteiger partial charge on any atom is 0.0895 e. The number of nitrogens with one attached hydrogen (secondary N) is 1. The van der Waals surface area contributed by atoms with E-state index in [0.717, 1.165) is 15.7 Å². The monoisotopic (exact) mass is 305 g/mol. The first-order chi connectivity index (χ1) is 8.63. The summed E-state index contributed by atoms with van der Waals surface area (Å²) in [7, 11) is 0. The number of hydrogen-bond acceptors (Lipinski definition) is 3. The van der Waals surface area contributed by atoms with Gasteiger partial charge in [-0.15, -0.1) is 0 Å². The summed E-state index contributed by atoms with van der Waals surface area (Å²) >= 11 is 3.52. The van der Waals surface area contributed by atoms with Crippen LogP contribution in [0.1, 0.15) is 28.4 Å².